The third kappa shape index (κ3) is 2.91. The predicted molar refractivity (Wildman–Crippen MR) is 70.3 cm³/mol. The number of aliphatic hydroxyl groups is 1. The average Bonchev–Trinajstić information content (AvgIpc) is 2.76. The molecular weight excluding hydrogens is 265 g/mol. The molecule has 2 rings (SSSR count). The molecule has 20 heavy (non-hydrogen) atoms. The number of nitrogens with one attached hydrogen (secondary N) is 1. The maximum atomic E-state index is 13.5. The number of ether oxygens (including phenoxy) is 2. The monoisotopic (exact) mass is 283 g/mol. The molecule has 2 N–H and O–H groups in total. The summed E-state index contributed by atoms with van der Waals surface area (Å²) in [7, 11) is 1.36. The first kappa shape index (κ1) is 14.7. The van der Waals surface area contributed by atoms with Crippen LogP contribution >= 0.6 is 0 Å². The topological polar surface area (TPSA) is 67.8 Å². The van der Waals surface area contributed by atoms with Crippen LogP contribution in [0.2, 0.25) is 0 Å². The number of methoxy groups -OCH3 is 1. The van der Waals surface area contributed by atoms with Crippen LogP contribution in [-0.4, -0.2) is 43.0 Å². The van der Waals surface area contributed by atoms with Gasteiger partial charge in [-0.3, -0.25) is 4.79 Å². The molecule has 110 valence electrons. The zero-order chi connectivity index (χ0) is 14.8. The number of hydrogen-bond donors (Lipinski definition) is 2. The van der Waals surface area contributed by atoms with Gasteiger partial charge in [0.1, 0.15) is 5.60 Å². The summed E-state index contributed by atoms with van der Waals surface area (Å²) in [4.78, 5) is 11.9. The van der Waals surface area contributed by atoms with E-state index in [2.05, 4.69) is 5.32 Å². The molecule has 1 fully saturated rings. The lowest BCUT2D eigenvalue weighted by Gasteiger charge is -2.26. The van der Waals surface area contributed by atoms with Crippen molar-refractivity contribution in [2.45, 2.75) is 25.0 Å². The van der Waals surface area contributed by atoms with E-state index in [1.807, 2.05) is 0 Å². The molecule has 0 aromatic heterocycles. The molecule has 1 aliphatic heterocycles. The van der Waals surface area contributed by atoms with Crippen LogP contribution in [-0.2, 0) is 4.74 Å². The Balaban J connectivity index is 2.00. The average molecular weight is 283 g/mol. The Morgan fingerprint density at radius 2 is 2.40 bits per heavy atom. The quantitative estimate of drug-likeness (QED) is 0.868. The fraction of sp³-hybridized carbons (Fsp3) is 0.500. The molecule has 1 aliphatic rings. The van der Waals surface area contributed by atoms with Crippen molar-refractivity contribution < 1.29 is 23.8 Å². The summed E-state index contributed by atoms with van der Waals surface area (Å²) in [5.74, 6) is -0.964. The SMILES string of the molecule is COc1ccc(C(=O)NCC2(O)CCOC2C)cc1F. The highest BCUT2D eigenvalue weighted by atomic mass is 19.1. The van der Waals surface area contributed by atoms with Crippen LogP contribution in [0.4, 0.5) is 4.39 Å². The molecule has 0 radical (unpaired) electrons. The molecule has 0 spiro atoms. The van der Waals surface area contributed by atoms with Crippen molar-refractivity contribution in [1.82, 2.24) is 5.32 Å². The Morgan fingerprint density at radius 1 is 1.65 bits per heavy atom. The highest BCUT2D eigenvalue weighted by molar-refractivity contribution is 5.94. The van der Waals surface area contributed by atoms with Crippen LogP contribution in [0.1, 0.15) is 23.7 Å². The van der Waals surface area contributed by atoms with Gasteiger partial charge in [0, 0.05) is 25.1 Å². The van der Waals surface area contributed by atoms with Crippen LogP contribution in [0.15, 0.2) is 18.2 Å². The number of benzene rings is 1. The van der Waals surface area contributed by atoms with Crippen LogP contribution in [0, 0.1) is 5.82 Å². The molecule has 2 unspecified atom stereocenters. The van der Waals surface area contributed by atoms with E-state index in [-0.39, 0.29) is 24.0 Å². The zero-order valence-corrected chi connectivity index (χ0v) is 11.5. The Kier molecular flexibility index (Phi) is 4.25. The number of amides is 1. The van der Waals surface area contributed by atoms with Gasteiger partial charge in [0.2, 0.25) is 0 Å². The summed E-state index contributed by atoms with van der Waals surface area (Å²) in [6, 6.07) is 3.96. The minimum Gasteiger partial charge on any atom is -0.494 e. The summed E-state index contributed by atoms with van der Waals surface area (Å²) in [6.07, 6.45) is 0.126. The molecule has 0 bridgehead atoms. The highest BCUT2D eigenvalue weighted by Gasteiger charge is 2.39. The molecular formula is C14H18FNO4. The van der Waals surface area contributed by atoms with E-state index < -0.39 is 17.3 Å². The summed E-state index contributed by atoms with van der Waals surface area (Å²) in [5.41, 5.74) is -0.890. The predicted octanol–water partition coefficient (Wildman–Crippen LogP) is 1.10. The standard InChI is InChI=1S/C14H18FNO4/c1-9-14(18,5-6-20-9)8-16-13(17)10-3-4-12(19-2)11(15)7-10/h3-4,7,9,18H,5-6,8H2,1-2H3,(H,16,17). The molecule has 0 saturated carbocycles. The molecule has 1 aromatic carbocycles. The number of carbonyl (C=O) groups is 1. The second-order valence-electron chi connectivity index (χ2n) is 4.90. The van der Waals surface area contributed by atoms with E-state index in [0.717, 1.165) is 6.07 Å². The molecule has 5 nitrogen and oxygen atoms in total. The zero-order valence-electron chi connectivity index (χ0n) is 11.5. The first-order chi connectivity index (χ1) is 9.46. The lowest BCUT2D eigenvalue weighted by atomic mass is 9.96. The maximum Gasteiger partial charge on any atom is 0.251 e. The van der Waals surface area contributed by atoms with E-state index in [0.29, 0.717) is 13.0 Å². The lowest BCUT2D eigenvalue weighted by Crippen LogP contribution is -2.47. The van der Waals surface area contributed by atoms with Crippen LogP contribution < -0.4 is 10.1 Å². The summed E-state index contributed by atoms with van der Waals surface area (Å²) >= 11 is 0. The highest BCUT2D eigenvalue weighted by Crippen LogP contribution is 2.25. The normalized spacial score (nSPS) is 25.5. The van der Waals surface area contributed by atoms with E-state index in [1.165, 1.54) is 19.2 Å². The Bertz CT molecular complexity index is 508. The van der Waals surface area contributed by atoms with Gasteiger partial charge in [-0.25, -0.2) is 4.39 Å². The van der Waals surface area contributed by atoms with Gasteiger partial charge >= 0.3 is 0 Å². The molecule has 1 amide bonds. The molecule has 0 aliphatic carbocycles. The van der Waals surface area contributed by atoms with E-state index >= 15 is 0 Å². The number of carbonyl (C=O) groups excluding carboxylic acids is 1. The third-order valence-corrected chi connectivity index (χ3v) is 3.63. The van der Waals surface area contributed by atoms with Crippen molar-refractivity contribution in [2.75, 3.05) is 20.3 Å². The summed E-state index contributed by atoms with van der Waals surface area (Å²) < 4.78 is 23.6. The molecule has 1 aromatic rings. The first-order valence-electron chi connectivity index (χ1n) is 6.42. The minimum atomic E-state index is -1.07. The van der Waals surface area contributed by atoms with Crippen molar-refractivity contribution in [3.63, 3.8) is 0 Å². The van der Waals surface area contributed by atoms with Crippen molar-refractivity contribution in [1.29, 1.82) is 0 Å². The largest absolute Gasteiger partial charge is 0.494 e. The second-order valence-corrected chi connectivity index (χ2v) is 4.90. The van der Waals surface area contributed by atoms with Gasteiger partial charge in [0.15, 0.2) is 11.6 Å². The van der Waals surface area contributed by atoms with E-state index in [9.17, 15) is 14.3 Å². The Hall–Kier alpha value is -1.66. The molecule has 1 saturated heterocycles. The second kappa shape index (κ2) is 5.76. The smallest absolute Gasteiger partial charge is 0.251 e. The number of halogens is 1. The van der Waals surface area contributed by atoms with Crippen LogP contribution in [0.3, 0.4) is 0 Å². The maximum absolute atomic E-state index is 13.5. The Morgan fingerprint density at radius 3 is 2.95 bits per heavy atom. The van der Waals surface area contributed by atoms with Gasteiger partial charge in [-0.15, -0.1) is 0 Å². The van der Waals surface area contributed by atoms with Crippen molar-refractivity contribution in [3.8, 4) is 5.75 Å². The number of rotatable bonds is 4. The first-order valence-corrected chi connectivity index (χ1v) is 6.42. The van der Waals surface area contributed by atoms with Gasteiger partial charge in [-0.05, 0) is 25.1 Å². The summed E-state index contributed by atoms with van der Waals surface area (Å²) in [5, 5.41) is 12.9. The molecule has 2 atom stereocenters. The minimum absolute atomic E-state index is 0.0701. The van der Waals surface area contributed by atoms with E-state index in [4.69, 9.17) is 9.47 Å². The summed E-state index contributed by atoms with van der Waals surface area (Å²) in [6.45, 7) is 2.29. The van der Waals surface area contributed by atoms with Crippen LogP contribution in [0.5, 0.6) is 5.75 Å². The van der Waals surface area contributed by atoms with Gasteiger partial charge in [0.25, 0.3) is 5.91 Å². The van der Waals surface area contributed by atoms with Gasteiger partial charge in [-0.2, -0.15) is 0 Å². The van der Waals surface area contributed by atoms with Crippen molar-refractivity contribution >= 4 is 5.91 Å². The van der Waals surface area contributed by atoms with Gasteiger partial charge in [0.05, 0.1) is 13.2 Å². The number of hydrogen-bond acceptors (Lipinski definition) is 4. The van der Waals surface area contributed by atoms with Crippen LogP contribution in [0.25, 0.3) is 0 Å². The van der Waals surface area contributed by atoms with Gasteiger partial charge < -0.3 is 19.9 Å². The fourth-order valence-electron chi connectivity index (χ4n) is 2.15. The fourth-order valence-corrected chi connectivity index (χ4v) is 2.15. The third-order valence-electron chi connectivity index (χ3n) is 3.63. The van der Waals surface area contributed by atoms with Gasteiger partial charge in [-0.1, -0.05) is 0 Å². The Labute approximate surface area is 116 Å². The van der Waals surface area contributed by atoms with Crippen molar-refractivity contribution in [2.24, 2.45) is 0 Å². The lowest BCUT2D eigenvalue weighted by molar-refractivity contribution is -0.0251. The molecule has 1 heterocycles. The van der Waals surface area contributed by atoms with E-state index in [1.54, 1.807) is 6.92 Å². The van der Waals surface area contributed by atoms with Crippen molar-refractivity contribution in [3.05, 3.63) is 29.6 Å². The molecule has 6 heteroatoms.